The number of nitrogens with zero attached hydrogens (tertiary/aromatic N) is 2. The van der Waals surface area contributed by atoms with E-state index in [9.17, 15) is 13.2 Å². The van der Waals surface area contributed by atoms with E-state index in [4.69, 9.17) is 0 Å². The predicted molar refractivity (Wildman–Crippen MR) is 74.5 cm³/mol. The van der Waals surface area contributed by atoms with Gasteiger partial charge in [0.2, 0.25) is 0 Å². The van der Waals surface area contributed by atoms with E-state index in [1.54, 1.807) is 12.3 Å². The molecule has 1 aromatic heterocycles. The van der Waals surface area contributed by atoms with Crippen molar-refractivity contribution >= 4 is 0 Å². The van der Waals surface area contributed by atoms with Crippen LogP contribution < -0.4 is 5.32 Å². The van der Waals surface area contributed by atoms with Crippen LogP contribution in [0.3, 0.4) is 0 Å². The molecule has 114 valence electrons. The molecule has 0 saturated carbocycles. The molecule has 3 nitrogen and oxygen atoms in total. The van der Waals surface area contributed by atoms with Gasteiger partial charge in [-0.2, -0.15) is 13.2 Å². The molecule has 21 heavy (non-hydrogen) atoms. The van der Waals surface area contributed by atoms with Gasteiger partial charge >= 0.3 is 6.18 Å². The third-order valence-corrected chi connectivity index (χ3v) is 3.13. The zero-order valence-electron chi connectivity index (χ0n) is 11.8. The lowest BCUT2D eigenvalue weighted by Crippen LogP contribution is -2.17. The molecule has 2 aromatic rings. The molecule has 0 radical (unpaired) electrons. The summed E-state index contributed by atoms with van der Waals surface area (Å²) in [6, 6.07) is 5.36. The monoisotopic (exact) mass is 297 g/mol. The Kier molecular flexibility index (Phi) is 5.01. The average Bonchev–Trinajstić information content (AvgIpc) is 2.86. The predicted octanol–water partition coefficient (Wildman–Crippen LogP) is 3.60. The maximum absolute atomic E-state index is 12.6. The molecule has 2 rings (SSSR count). The van der Waals surface area contributed by atoms with Crippen LogP contribution in [0.25, 0.3) is 0 Å². The summed E-state index contributed by atoms with van der Waals surface area (Å²) in [4.78, 5) is 4.24. The first-order chi connectivity index (χ1) is 10.0. The molecule has 0 bridgehead atoms. The molecule has 1 heterocycles. The third kappa shape index (κ3) is 4.32. The van der Waals surface area contributed by atoms with Gasteiger partial charge in [0, 0.05) is 25.5 Å². The van der Waals surface area contributed by atoms with Crippen LogP contribution >= 0.6 is 0 Å². The first-order valence-electron chi connectivity index (χ1n) is 6.87. The molecule has 0 unspecified atom stereocenters. The molecule has 0 saturated heterocycles. The topological polar surface area (TPSA) is 29.9 Å². The molecule has 0 amide bonds. The molecular formula is C15H18F3N3. The summed E-state index contributed by atoms with van der Waals surface area (Å²) < 4.78 is 39.9. The van der Waals surface area contributed by atoms with Gasteiger partial charge in [-0.1, -0.05) is 25.1 Å². The molecule has 1 N–H and O–H groups in total. The fraction of sp³-hybridized carbons (Fsp3) is 0.400. The van der Waals surface area contributed by atoms with Crippen LogP contribution in [0.5, 0.6) is 0 Å². The Bertz CT molecular complexity index is 576. The molecule has 0 aliphatic heterocycles. The number of hydrogen-bond acceptors (Lipinski definition) is 2. The Morgan fingerprint density at radius 1 is 1.24 bits per heavy atom. The lowest BCUT2D eigenvalue weighted by atomic mass is 10.1. The zero-order valence-corrected chi connectivity index (χ0v) is 11.8. The number of aryl methyl sites for hydroxylation is 1. The third-order valence-electron chi connectivity index (χ3n) is 3.13. The molecule has 0 fully saturated rings. The van der Waals surface area contributed by atoms with Crippen LogP contribution in [-0.2, 0) is 25.8 Å². The standard InChI is InChI=1S/C15H18F3N3/c1-2-7-21-8-6-20-14(21)11-19-10-12-4-3-5-13(9-12)15(16,17)18/h3-6,8-9,19H,2,7,10-11H2,1H3. The van der Waals surface area contributed by atoms with Crippen LogP contribution in [0.2, 0.25) is 0 Å². The van der Waals surface area contributed by atoms with Crippen molar-refractivity contribution in [3.05, 3.63) is 53.6 Å². The van der Waals surface area contributed by atoms with E-state index in [0.29, 0.717) is 18.7 Å². The second-order valence-electron chi connectivity index (χ2n) is 4.84. The van der Waals surface area contributed by atoms with Crippen molar-refractivity contribution in [2.75, 3.05) is 0 Å². The van der Waals surface area contributed by atoms with Crippen molar-refractivity contribution in [3.63, 3.8) is 0 Å². The normalized spacial score (nSPS) is 11.8. The lowest BCUT2D eigenvalue weighted by molar-refractivity contribution is -0.137. The highest BCUT2D eigenvalue weighted by atomic mass is 19.4. The van der Waals surface area contributed by atoms with Crippen molar-refractivity contribution in [3.8, 4) is 0 Å². The highest BCUT2D eigenvalue weighted by molar-refractivity contribution is 5.25. The van der Waals surface area contributed by atoms with Crippen molar-refractivity contribution in [1.82, 2.24) is 14.9 Å². The van der Waals surface area contributed by atoms with E-state index in [-0.39, 0.29) is 0 Å². The van der Waals surface area contributed by atoms with Gasteiger partial charge in [-0.25, -0.2) is 4.98 Å². The Morgan fingerprint density at radius 3 is 2.76 bits per heavy atom. The maximum Gasteiger partial charge on any atom is 0.416 e. The second kappa shape index (κ2) is 6.76. The van der Waals surface area contributed by atoms with E-state index in [1.165, 1.54) is 12.1 Å². The van der Waals surface area contributed by atoms with Crippen LogP contribution in [0.4, 0.5) is 13.2 Å². The minimum atomic E-state index is -4.30. The smallest absolute Gasteiger partial charge is 0.334 e. The van der Waals surface area contributed by atoms with Gasteiger partial charge in [-0.15, -0.1) is 0 Å². The fourth-order valence-electron chi connectivity index (χ4n) is 2.13. The van der Waals surface area contributed by atoms with Gasteiger partial charge in [0.15, 0.2) is 0 Å². The Hall–Kier alpha value is -1.82. The maximum atomic E-state index is 12.6. The summed E-state index contributed by atoms with van der Waals surface area (Å²) in [7, 11) is 0. The summed E-state index contributed by atoms with van der Waals surface area (Å²) in [6.45, 7) is 3.88. The number of aromatic nitrogens is 2. The van der Waals surface area contributed by atoms with Gasteiger partial charge in [-0.05, 0) is 18.1 Å². The molecule has 0 aliphatic rings. The fourth-order valence-corrected chi connectivity index (χ4v) is 2.13. The number of hydrogen-bond donors (Lipinski definition) is 1. The van der Waals surface area contributed by atoms with Gasteiger partial charge in [-0.3, -0.25) is 0 Å². The van der Waals surface area contributed by atoms with E-state index < -0.39 is 11.7 Å². The Labute approximate surface area is 121 Å². The van der Waals surface area contributed by atoms with Gasteiger partial charge in [0.05, 0.1) is 12.1 Å². The number of rotatable bonds is 6. The van der Waals surface area contributed by atoms with E-state index in [2.05, 4.69) is 17.2 Å². The first kappa shape index (κ1) is 15.6. The zero-order chi connectivity index (χ0) is 15.3. The molecule has 0 aliphatic carbocycles. The van der Waals surface area contributed by atoms with Crippen molar-refractivity contribution in [2.24, 2.45) is 0 Å². The molecule has 1 aromatic carbocycles. The van der Waals surface area contributed by atoms with Crippen molar-refractivity contribution in [1.29, 1.82) is 0 Å². The lowest BCUT2D eigenvalue weighted by Gasteiger charge is -2.10. The van der Waals surface area contributed by atoms with Gasteiger partial charge in [0.1, 0.15) is 5.82 Å². The largest absolute Gasteiger partial charge is 0.416 e. The molecule has 6 heteroatoms. The van der Waals surface area contributed by atoms with Crippen LogP contribution in [0.15, 0.2) is 36.7 Å². The minimum absolute atomic E-state index is 0.378. The summed E-state index contributed by atoms with van der Waals surface area (Å²) >= 11 is 0. The second-order valence-corrected chi connectivity index (χ2v) is 4.84. The highest BCUT2D eigenvalue weighted by Crippen LogP contribution is 2.29. The highest BCUT2D eigenvalue weighted by Gasteiger charge is 2.30. The number of benzene rings is 1. The van der Waals surface area contributed by atoms with Crippen LogP contribution in [-0.4, -0.2) is 9.55 Å². The summed E-state index contributed by atoms with van der Waals surface area (Å²) in [5.41, 5.74) is -0.00675. The Morgan fingerprint density at radius 2 is 2.05 bits per heavy atom. The van der Waals surface area contributed by atoms with Crippen LogP contribution in [0.1, 0.15) is 30.3 Å². The number of halogens is 3. The quantitative estimate of drug-likeness (QED) is 0.883. The molecule has 0 spiro atoms. The van der Waals surface area contributed by atoms with E-state index in [0.717, 1.165) is 24.9 Å². The van der Waals surface area contributed by atoms with E-state index >= 15 is 0 Å². The van der Waals surface area contributed by atoms with Gasteiger partial charge < -0.3 is 9.88 Å². The summed E-state index contributed by atoms with van der Waals surface area (Å²) in [5.74, 6) is 0.892. The van der Waals surface area contributed by atoms with Crippen molar-refractivity contribution in [2.45, 2.75) is 39.2 Å². The van der Waals surface area contributed by atoms with Crippen LogP contribution in [0, 0.1) is 0 Å². The first-order valence-corrected chi connectivity index (χ1v) is 6.87. The summed E-state index contributed by atoms with van der Waals surface area (Å²) in [6.07, 6.45) is 0.353. The van der Waals surface area contributed by atoms with E-state index in [1.807, 2.05) is 10.8 Å². The molecule has 0 atom stereocenters. The number of nitrogens with one attached hydrogen (secondary N) is 1. The SMILES string of the molecule is CCCn1ccnc1CNCc1cccc(C(F)(F)F)c1. The summed E-state index contributed by atoms with van der Waals surface area (Å²) in [5, 5.41) is 3.13. The van der Waals surface area contributed by atoms with Crippen molar-refractivity contribution < 1.29 is 13.2 Å². The molecular weight excluding hydrogens is 279 g/mol. The Balaban J connectivity index is 1.93. The number of imidazole rings is 1. The minimum Gasteiger partial charge on any atom is -0.334 e. The number of alkyl halides is 3. The average molecular weight is 297 g/mol. The van der Waals surface area contributed by atoms with Gasteiger partial charge in [0.25, 0.3) is 0 Å².